The summed E-state index contributed by atoms with van der Waals surface area (Å²) in [6.45, 7) is 2.08. The highest BCUT2D eigenvalue weighted by Gasteiger charge is 2.19. The molecule has 0 fully saturated rings. The highest BCUT2D eigenvalue weighted by molar-refractivity contribution is 7.17. The van der Waals surface area contributed by atoms with Crippen LogP contribution < -0.4 is 25.4 Å². The minimum Gasteiger partial charge on any atom is -0.493 e. The SMILES string of the molecule is CCc1c(-c2cccc(C(=O)Nc3ccc(C(=O)NC)cc3)c2)nc(Nc2ccc(OC)c(OC)c2)c2ncsc12. The molecule has 0 spiro atoms. The zero-order valence-corrected chi connectivity index (χ0v) is 23.9. The molecule has 0 saturated carbocycles. The Morgan fingerprint density at radius 2 is 1.63 bits per heavy atom. The molecule has 0 bridgehead atoms. The van der Waals surface area contributed by atoms with E-state index in [0.717, 1.165) is 39.1 Å². The first kappa shape index (κ1) is 27.6. The monoisotopic (exact) mass is 567 g/mol. The quantitative estimate of drug-likeness (QED) is 0.192. The van der Waals surface area contributed by atoms with Crippen LogP contribution in [0.4, 0.5) is 17.2 Å². The summed E-state index contributed by atoms with van der Waals surface area (Å²) in [5, 5.41) is 8.89. The van der Waals surface area contributed by atoms with E-state index in [0.29, 0.717) is 34.1 Å². The fraction of sp³-hybridized carbons (Fsp3) is 0.161. The summed E-state index contributed by atoms with van der Waals surface area (Å²) in [5.74, 6) is 1.38. The van der Waals surface area contributed by atoms with Gasteiger partial charge in [0.15, 0.2) is 17.3 Å². The summed E-state index contributed by atoms with van der Waals surface area (Å²) in [5.41, 5.74) is 7.60. The van der Waals surface area contributed by atoms with Gasteiger partial charge in [0.2, 0.25) is 0 Å². The van der Waals surface area contributed by atoms with Crippen LogP contribution in [-0.2, 0) is 6.42 Å². The number of fused-ring (bicyclic) bond motifs is 1. The largest absolute Gasteiger partial charge is 0.493 e. The number of methoxy groups -OCH3 is 2. The Hall–Kier alpha value is -4.96. The van der Waals surface area contributed by atoms with Crippen LogP contribution in [0.15, 0.2) is 72.2 Å². The number of aryl methyl sites for hydroxylation is 1. The molecular formula is C31H29N5O4S. The van der Waals surface area contributed by atoms with E-state index >= 15 is 0 Å². The van der Waals surface area contributed by atoms with Gasteiger partial charge in [-0.15, -0.1) is 11.3 Å². The van der Waals surface area contributed by atoms with Gasteiger partial charge in [-0.05, 0) is 60.5 Å². The number of hydrogen-bond donors (Lipinski definition) is 3. The molecule has 10 heteroatoms. The van der Waals surface area contributed by atoms with Crippen LogP contribution in [0.5, 0.6) is 11.5 Å². The van der Waals surface area contributed by atoms with Crippen molar-refractivity contribution in [1.82, 2.24) is 15.3 Å². The number of ether oxygens (including phenoxy) is 2. The Balaban J connectivity index is 1.49. The zero-order valence-electron chi connectivity index (χ0n) is 23.1. The number of carbonyl (C=O) groups is 2. The van der Waals surface area contributed by atoms with Crippen LogP contribution in [0.3, 0.4) is 0 Å². The lowest BCUT2D eigenvalue weighted by Crippen LogP contribution is -2.17. The second kappa shape index (κ2) is 12.1. The normalized spacial score (nSPS) is 10.7. The number of pyridine rings is 1. The van der Waals surface area contributed by atoms with Gasteiger partial charge in [-0.3, -0.25) is 9.59 Å². The minimum atomic E-state index is -0.264. The van der Waals surface area contributed by atoms with Gasteiger partial charge in [0.1, 0.15) is 5.52 Å². The van der Waals surface area contributed by atoms with Crippen LogP contribution in [-0.4, -0.2) is 43.0 Å². The third-order valence-electron chi connectivity index (χ3n) is 6.61. The van der Waals surface area contributed by atoms with Crippen molar-refractivity contribution in [3.05, 3.63) is 88.9 Å². The van der Waals surface area contributed by atoms with Crippen molar-refractivity contribution in [1.29, 1.82) is 0 Å². The Morgan fingerprint density at radius 1 is 0.878 bits per heavy atom. The average molecular weight is 568 g/mol. The van der Waals surface area contributed by atoms with E-state index < -0.39 is 0 Å². The van der Waals surface area contributed by atoms with Gasteiger partial charge in [-0.1, -0.05) is 19.1 Å². The number of carbonyl (C=O) groups excluding carboxylic acids is 2. The van der Waals surface area contributed by atoms with Crippen LogP contribution in [0.2, 0.25) is 0 Å². The highest BCUT2D eigenvalue weighted by atomic mass is 32.1. The molecule has 3 N–H and O–H groups in total. The topological polar surface area (TPSA) is 114 Å². The fourth-order valence-electron chi connectivity index (χ4n) is 4.53. The number of benzene rings is 3. The highest BCUT2D eigenvalue weighted by Crippen LogP contribution is 2.37. The zero-order chi connectivity index (χ0) is 28.9. The van der Waals surface area contributed by atoms with Gasteiger partial charge < -0.3 is 25.4 Å². The molecule has 5 aromatic rings. The van der Waals surface area contributed by atoms with E-state index in [2.05, 4.69) is 27.9 Å². The molecule has 0 aliphatic carbocycles. The molecule has 9 nitrogen and oxygen atoms in total. The lowest BCUT2D eigenvalue weighted by atomic mass is 10.0. The molecule has 0 aliphatic rings. The molecule has 0 unspecified atom stereocenters. The predicted molar refractivity (Wildman–Crippen MR) is 163 cm³/mol. The van der Waals surface area contributed by atoms with Gasteiger partial charge in [-0.25, -0.2) is 9.97 Å². The van der Waals surface area contributed by atoms with Gasteiger partial charge in [0.25, 0.3) is 11.8 Å². The second-order valence-electron chi connectivity index (χ2n) is 9.06. The number of amides is 2. The Labute approximate surface area is 241 Å². The van der Waals surface area contributed by atoms with Crippen molar-refractivity contribution in [2.45, 2.75) is 13.3 Å². The summed E-state index contributed by atoms with van der Waals surface area (Å²) in [4.78, 5) is 34.6. The standard InChI is InChI=1S/C31H29N5O4S/c1-5-23-26(19-7-6-8-20(15-19)31(38)35-21-11-9-18(10-12-21)30(37)32-2)36-29(27-28(23)41-17-33-27)34-22-13-14-24(39-3)25(16-22)40-4/h6-17H,5H2,1-4H3,(H,32,37)(H,34,36)(H,35,38). The summed E-state index contributed by atoms with van der Waals surface area (Å²) < 4.78 is 11.9. The minimum absolute atomic E-state index is 0.187. The van der Waals surface area contributed by atoms with Gasteiger partial charge in [0.05, 0.1) is 30.1 Å². The average Bonchev–Trinajstić information content (AvgIpc) is 3.51. The van der Waals surface area contributed by atoms with Gasteiger partial charge >= 0.3 is 0 Å². The molecule has 3 aromatic carbocycles. The maximum absolute atomic E-state index is 13.2. The van der Waals surface area contributed by atoms with Crippen molar-refractivity contribution in [2.24, 2.45) is 0 Å². The lowest BCUT2D eigenvalue weighted by Gasteiger charge is -2.15. The van der Waals surface area contributed by atoms with Gasteiger partial charge in [-0.2, -0.15) is 0 Å². The molecule has 0 saturated heterocycles. The molecule has 0 radical (unpaired) electrons. The number of nitrogens with zero attached hydrogens (tertiary/aromatic N) is 2. The van der Waals surface area contributed by atoms with E-state index in [4.69, 9.17) is 14.5 Å². The second-order valence-corrected chi connectivity index (χ2v) is 9.91. The van der Waals surface area contributed by atoms with Crippen molar-refractivity contribution in [3.63, 3.8) is 0 Å². The Morgan fingerprint density at radius 3 is 2.34 bits per heavy atom. The molecule has 2 aromatic heterocycles. The summed E-state index contributed by atoms with van der Waals surface area (Å²) in [6, 6.07) is 19.7. The van der Waals surface area contributed by atoms with Crippen molar-refractivity contribution in [2.75, 3.05) is 31.9 Å². The molecule has 0 aliphatic heterocycles. The first-order chi connectivity index (χ1) is 19.9. The molecule has 41 heavy (non-hydrogen) atoms. The maximum atomic E-state index is 13.2. The fourth-order valence-corrected chi connectivity index (χ4v) is 5.44. The molecular weight excluding hydrogens is 538 g/mol. The number of rotatable bonds is 9. The number of thiazole rings is 1. The van der Waals surface area contributed by atoms with Crippen molar-refractivity contribution >= 4 is 50.6 Å². The van der Waals surface area contributed by atoms with E-state index in [9.17, 15) is 9.59 Å². The smallest absolute Gasteiger partial charge is 0.255 e. The van der Waals surface area contributed by atoms with Gasteiger partial charge in [0, 0.05) is 41.2 Å². The molecule has 0 atom stereocenters. The summed E-state index contributed by atoms with van der Waals surface area (Å²) in [7, 11) is 4.76. The van der Waals surface area contributed by atoms with Crippen LogP contribution in [0.1, 0.15) is 33.2 Å². The van der Waals surface area contributed by atoms with Crippen LogP contribution in [0.25, 0.3) is 21.5 Å². The number of nitrogens with one attached hydrogen (secondary N) is 3. The van der Waals surface area contributed by atoms with E-state index in [1.54, 1.807) is 62.9 Å². The third kappa shape index (κ3) is 5.68. The molecule has 2 heterocycles. The number of anilines is 3. The number of hydrogen-bond acceptors (Lipinski definition) is 8. The van der Waals surface area contributed by atoms with Crippen molar-refractivity contribution < 1.29 is 19.1 Å². The predicted octanol–water partition coefficient (Wildman–Crippen LogP) is 6.29. The lowest BCUT2D eigenvalue weighted by molar-refractivity contribution is 0.0962. The van der Waals surface area contributed by atoms with Crippen LogP contribution >= 0.6 is 11.3 Å². The molecule has 208 valence electrons. The van der Waals surface area contributed by atoms with Crippen LogP contribution in [0, 0.1) is 0 Å². The summed E-state index contributed by atoms with van der Waals surface area (Å²) in [6.07, 6.45) is 0.742. The van der Waals surface area contributed by atoms with Crippen molar-refractivity contribution in [3.8, 4) is 22.8 Å². The summed E-state index contributed by atoms with van der Waals surface area (Å²) >= 11 is 1.56. The molecule has 5 rings (SSSR count). The Bertz CT molecular complexity index is 1730. The van der Waals surface area contributed by atoms with E-state index in [-0.39, 0.29) is 11.8 Å². The molecule has 2 amide bonds. The van der Waals surface area contributed by atoms with E-state index in [1.807, 2.05) is 41.9 Å². The third-order valence-corrected chi connectivity index (χ3v) is 7.49. The van der Waals surface area contributed by atoms with E-state index in [1.165, 1.54) is 0 Å². The first-order valence-electron chi connectivity index (χ1n) is 12.9. The number of aromatic nitrogens is 2. The first-order valence-corrected chi connectivity index (χ1v) is 13.8. The maximum Gasteiger partial charge on any atom is 0.255 e. The Kier molecular flexibility index (Phi) is 8.11.